The highest BCUT2D eigenvalue weighted by Gasteiger charge is 2.42. The van der Waals surface area contributed by atoms with Crippen LogP contribution in [0.1, 0.15) is 6.92 Å². The maximum atomic E-state index is 6.36. The van der Waals surface area contributed by atoms with Gasteiger partial charge in [0.2, 0.25) is 6.69 Å². The van der Waals surface area contributed by atoms with Crippen molar-refractivity contribution in [3.8, 4) is 0 Å². The average Bonchev–Trinajstić information content (AvgIpc) is 2.16. The molecule has 0 fully saturated rings. The normalized spacial score (nSPS) is 15.1. The van der Waals surface area contributed by atoms with E-state index in [1.807, 2.05) is 6.55 Å². The van der Waals surface area contributed by atoms with Gasteiger partial charge in [0.1, 0.15) is 0 Å². The van der Waals surface area contributed by atoms with Crippen LogP contribution < -0.4 is 5.19 Å². The van der Waals surface area contributed by atoms with Gasteiger partial charge in [0.05, 0.1) is 8.07 Å². The third kappa shape index (κ3) is 3.10. The highest BCUT2D eigenvalue weighted by molar-refractivity contribution is 7.48. The van der Waals surface area contributed by atoms with Crippen LogP contribution in [0.25, 0.3) is 0 Å². The summed E-state index contributed by atoms with van der Waals surface area (Å²) in [6, 6.07) is 10.7. The molecule has 0 nitrogen and oxygen atoms in total. The summed E-state index contributed by atoms with van der Waals surface area (Å²) in [5.74, 6) is 0. The molecule has 0 heterocycles. The smallest absolute Gasteiger partial charge is 0.146 e. The van der Waals surface area contributed by atoms with Gasteiger partial charge >= 0.3 is 0 Å². The zero-order valence-corrected chi connectivity index (χ0v) is 13.2. The van der Waals surface area contributed by atoms with E-state index in [1.165, 1.54) is 5.19 Å². The van der Waals surface area contributed by atoms with Gasteiger partial charge < -0.3 is 0 Å². The minimum atomic E-state index is -2.07. The molecule has 1 atom stereocenters. The van der Waals surface area contributed by atoms with Crippen LogP contribution in [0.2, 0.25) is 24.8 Å². The van der Waals surface area contributed by atoms with E-state index in [4.69, 9.17) is 22.2 Å². The van der Waals surface area contributed by atoms with Crippen LogP contribution in [0.3, 0.4) is 0 Å². The van der Waals surface area contributed by atoms with Crippen LogP contribution in [0.15, 0.2) is 30.3 Å². The van der Waals surface area contributed by atoms with E-state index in [1.54, 1.807) is 0 Å². The SMILES string of the molecule is CC([Si](C)(Cl)Cl)[Si](C)(C)c1ccccc1. The fourth-order valence-electron chi connectivity index (χ4n) is 1.75. The van der Waals surface area contributed by atoms with Crippen molar-refractivity contribution in [2.45, 2.75) is 31.7 Å². The van der Waals surface area contributed by atoms with Crippen molar-refractivity contribution in [1.82, 2.24) is 0 Å². The second-order valence-corrected chi connectivity index (χ2v) is 18.3. The van der Waals surface area contributed by atoms with Gasteiger partial charge in [-0.3, -0.25) is 0 Å². The summed E-state index contributed by atoms with van der Waals surface area (Å²) in [5, 5.41) is 1.90. The fraction of sp³-hybridized carbons (Fsp3) is 0.455. The Kier molecular flexibility index (Phi) is 4.09. The van der Waals surface area contributed by atoms with Gasteiger partial charge in [-0.05, 0) is 11.7 Å². The lowest BCUT2D eigenvalue weighted by Crippen LogP contribution is -2.51. The lowest BCUT2D eigenvalue weighted by Gasteiger charge is -2.34. The molecule has 0 aliphatic rings. The molecule has 1 unspecified atom stereocenters. The minimum Gasteiger partial charge on any atom is -0.146 e. The van der Waals surface area contributed by atoms with E-state index < -0.39 is 14.8 Å². The zero-order chi connectivity index (χ0) is 11.7. The summed E-state index contributed by atoms with van der Waals surface area (Å²) in [6.45, 7) is 6.87. The molecule has 0 radical (unpaired) electrons. The van der Waals surface area contributed by atoms with E-state index in [0.717, 1.165) is 0 Å². The summed E-state index contributed by atoms with van der Waals surface area (Å²) in [5.41, 5.74) is 0. The molecule has 4 heteroatoms. The van der Waals surface area contributed by atoms with Gasteiger partial charge in [-0.2, -0.15) is 0 Å². The predicted molar refractivity (Wildman–Crippen MR) is 76.3 cm³/mol. The van der Waals surface area contributed by atoms with Gasteiger partial charge in [0.25, 0.3) is 0 Å². The molecule has 0 amide bonds. The monoisotopic (exact) mass is 276 g/mol. The molecule has 0 aliphatic carbocycles. The second kappa shape index (κ2) is 4.62. The van der Waals surface area contributed by atoms with Gasteiger partial charge in [0, 0.05) is 0 Å². The van der Waals surface area contributed by atoms with Crippen molar-refractivity contribution in [3.05, 3.63) is 30.3 Å². The summed E-state index contributed by atoms with van der Waals surface area (Å²) in [6.07, 6.45) is 0. The zero-order valence-electron chi connectivity index (χ0n) is 9.72. The fourth-order valence-corrected chi connectivity index (χ4v) is 13.8. The van der Waals surface area contributed by atoms with Crippen molar-refractivity contribution < 1.29 is 0 Å². The molecule has 1 aromatic carbocycles. The molecule has 0 bridgehead atoms. The Morgan fingerprint density at radius 3 is 1.87 bits per heavy atom. The Morgan fingerprint density at radius 1 is 1.00 bits per heavy atom. The molecular weight excluding hydrogens is 259 g/mol. The van der Waals surface area contributed by atoms with Crippen LogP contribution in [0.5, 0.6) is 0 Å². The van der Waals surface area contributed by atoms with Crippen molar-refractivity contribution in [3.63, 3.8) is 0 Å². The Morgan fingerprint density at radius 2 is 1.47 bits per heavy atom. The summed E-state index contributed by atoms with van der Waals surface area (Å²) in [4.78, 5) is 0. The first-order chi connectivity index (χ1) is 6.76. The summed E-state index contributed by atoms with van der Waals surface area (Å²) in [7, 11) is -1.52. The highest BCUT2D eigenvalue weighted by Crippen LogP contribution is 2.36. The third-order valence-electron chi connectivity index (χ3n) is 3.36. The van der Waals surface area contributed by atoms with Crippen molar-refractivity contribution >= 4 is 42.1 Å². The Balaban J connectivity index is 3.03. The molecule has 0 N–H and O–H groups in total. The first kappa shape index (κ1) is 13.3. The van der Waals surface area contributed by atoms with E-state index in [0.29, 0.717) is 5.16 Å². The van der Waals surface area contributed by atoms with Gasteiger partial charge in [-0.1, -0.05) is 55.5 Å². The van der Waals surface area contributed by atoms with E-state index in [9.17, 15) is 0 Å². The van der Waals surface area contributed by atoms with E-state index >= 15 is 0 Å². The Labute approximate surface area is 104 Å². The molecule has 0 aliphatic heterocycles. The number of halogens is 2. The van der Waals surface area contributed by atoms with Gasteiger partial charge in [0.15, 0.2) is 0 Å². The number of hydrogen-bond acceptors (Lipinski definition) is 0. The number of rotatable bonds is 3. The molecule has 0 saturated heterocycles. The molecule has 0 spiro atoms. The number of benzene rings is 1. The quantitative estimate of drug-likeness (QED) is 0.577. The topological polar surface area (TPSA) is 0 Å². The molecule has 84 valence electrons. The lowest BCUT2D eigenvalue weighted by atomic mass is 10.4. The first-order valence-corrected chi connectivity index (χ1v) is 12.9. The van der Waals surface area contributed by atoms with Crippen molar-refractivity contribution in [2.24, 2.45) is 0 Å². The molecule has 1 aromatic rings. The minimum absolute atomic E-state index is 0.454. The van der Waals surface area contributed by atoms with E-state index in [-0.39, 0.29) is 0 Å². The molecular formula is C11H18Cl2Si2. The average molecular weight is 277 g/mol. The standard InChI is InChI=1S/C11H18Cl2Si2/c1-10(15(4,12)13)14(2,3)11-8-6-5-7-9-11/h5-10H,1-4H3. The van der Waals surface area contributed by atoms with Crippen LogP contribution in [0, 0.1) is 0 Å². The first-order valence-electron chi connectivity index (χ1n) is 5.19. The van der Waals surface area contributed by atoms with Crippen LogP contribution in [0.4, 0.5) is 0 Å². The lowest BCUT2D eigenvalue weighted by molar-refractivity contribution is 1.23. The largest absolute Gasteiger partial charge is 0.248 e. The molecule has 15 heavy (non-hydrogen) atoms. The van der Waals surface area contributed by atoms with Gasteiger partial charge in [-0.15, -0.1) is 22.2 Å². The highest BCUT2D eigenvalue weighted by atomic mass is 35.7. The second-order valence-electron chi connectivity index (χ2n) is 4.77. The van der Waals surface area contributed by atoms with Crippen molar-refractivity contribution in [1.29, 1.82) is 0 Å². The summed E-state index contributed by atoms with van der Waals surface area (Å²) >= 11 is 12.7. The number of hydrogen-bond donors (Lipinski definition) is 0. The van der Waals surface area contributed by atoms with Crippen LogP contribution in [-0.4, -0.2) is 14.8 Å². The van der Waals surface area contributed by atoms with Crippen LogP contribution >= 0.6 is 22.2 Å². The van der Waals surface area contributed by atoms with Crippen LogP contribution in [-0.2, 0) is 0 Å². The van der Waals surface area contributed by atoms with E-state index in [2.05, 4.69) is 50.3 Å². The molecule has 0 aromatic heterocycles. The Hall–Kier alpha value is 0.234. The molecule has 0 saturated carbocycles. The van der Waals surface area contributed by atoms with Crippen molar-refractivity contribution in [2.75, 3.05) is 0 Å². The summed E-state index contributed by atoms with van der Waals surface area (Å²) < 4.78 is 0. The van der Waals surface area contributed by atoms with Gasteiger partial charge in [-0.25, -0.2) is 0 Å². The maximum Gasteiger partial charge on any atom is 0.248 e. The predicted octanol–water partition coefficient (Wildman–Crippen LogP) is 4.08. The molecule has 1 rings (SSSR count). The Bertz CT molecular complexity index is 317. The maximum absolute atomic E-state index is 6.36. The third-order valence-corrected chi connectivity index (χ3v) is 15.8.